The van der Waals surface area contributed by atoms with Gasteiger partial charge in [-0.25, -0.2) is 8.42 Å². The van der Waals surface area contributed by atoms with Gasteiger partial charge >= 0.3 is 0 Å². The third-order valence-corrected chi connectivity index (χ3v) is 3.86. The number of nitrogens with one attached hydrogen (secondary N) is 2. The highest BCUT2D eigenvalue weighted by Crippen LogP contribution is 2.12. The Bertz CT molecular complexity index is 478. The Labute approximate surface area is 94.4 Å². The molecule has 0 radical (unpaired) electrons. The van der Waals surface area contributed by atoms with Gasteiger partial charge in [-0.15, -0.1) is 0 Å². The predicted molar refractivity (Wildman–Crippen MR) is 60.9 cm³/mol. The van der Waals surface area contributed by atoms with Gasteiger partial charge in [0.15, 0.2) is 9.84 Å². The van der Waals surface area contributed by atoms with Crippen molar-refractivity contribution in [3.63, 3.8) is 0 Å². The number of H-pyrrole nitrogens is 1. The molecule has 0 spiro atoms. The molecule has 0 saturated heterocycles. The molecule has 16 heavy (non-hydrogen) atoms. The molecule has 0 aliphatic heterocycles. The minimum Gasteiger partial charge on any atom is -0.310 e. The van der Waals surface area contributed by atoms with E-state index in [2.05, 4.69) is 15.5 Å². The highest BCUT2D eigenvalue weighted by Gasteiger charge is 2.24. The average Bonchev–Trinajstić information content (AvgIpc) is 2.62. The van der Waals surface area contributed by atoms with Crippen LogP contribution < -0.4 is 5.32 Å². The fourth-order valence-corrected chi connectivity index (χ4v) is 1.55. The summed E-state index contributed by atoms with van der Waals surface area (Å²) in [6.07, 6.45) is 3.34. The van der Waals surface area contributed by atoms with Crippen LogP contribution in [0.2, 0.25) is 0 Å². The Hall–Kier alpha value is -1.37. The summed E-state index contributed by atoms with van der Waals surface area (Å²) in [5, 5.41) is 7.84. The van der Waals surface area contributed by atoms with Gasteiger partial charge in [-0.2, -0.15) is 5.10 Å². The lowest BCUT2D eigenvalue weighted by Crippen LogP contribution is -2.32. The number of anilines is 1. The Balaban J connectivity index is 2.80. The maximum Gasteiger partial charge on any atom is 0.243 e. The lowest BCUT2D eigenvalue weighted by molar-refractivity contribution is -0.115. The van der Waals surface area contributed by atoms with Crippen LogP contribution in [0.5, 0.6) is 0 Å². The topological polar surface area (TPSA) is 91.9 Å². The second kappa shape index (κ2) is 4.65. The standard InChI is InChI=1S/C9H15N3O3S/c1-4-7-5-10-12-8(7)11-9(13)6(2)16(3,14)15/h5-6H,4H2,1-3H3,(H2,10,11,12,13). The lowest BCUT2D eigenvalue weighted by Gasteiger charge is -2.09. The number of sulfone groups is 1. The zero-order valence-corrected chi connectivity index (χ0v) is 10.3. The largest absolute Gasteiger partial charge is 0.310 e. The predicted octanol–water partition coefficient (Wildman–Crippen LogP) is 0.344. The second-order valence-corrected chi connectivity index (χ2v) is 5.95. The molecule has 0 saturated carbocycles. The summed E-state index contributed by atoms with van der Waals surface area (Å²) in [6.45, 7) is 3.27. The zero-order valence-electron chi connectivity index (χ0n) is 9.44. The maximum absolute atomic E-state index is 11.6. The number of aromatic amines is 1. The van der Waals surface area contributed by atoms with Crippen molar-refractivity contribution in [2.75, 3.05) is 11.6 Å². The van der Waals surface area contributed by atoms with Gasteiger partial charge in [0.05, 0.1) is 6.20 Å². The monoisotopic (exact) mass is 245 g/mol. The number of nitrogens with zero attached hydrogens (tertiary/aromatic N) is 1. The molecule has 1 unspecified atom stereocenters. The van der Waals surface area contributed by atoms with Crippen molar-refractivity contribution >= 4 is 21.6 Å². The van der Waals surface area contributed by atoms with E-state index in [4.69, 9.17) is 0 Å². The minimum absolute atomic E-state index is 0.461. The van der Waals surface area contributed by atoms with Crippen LogP contribution in [0.4, 0.5) is 5.82 Å². The van der Waals surface area contributed by atoms with Crippen molar-refractivity contribution in [3.05, 3.63) is 11.8 Å². The van der Waals surface area contributed by atoms with Gasteiger partial charge in [0.2, 0.25) is 5.91 Å². The fourth-order valence-electron chi connectivity index (χ4n) is 1.11. The van der Waals surface area contributed by atoms with Crippen molar-refractivity contribution in [1.82, 2.24) is 10.2 Å². The Kier molecular flexibility index (Phi) is 3.69. The summed E-state index contributed by atoms with van der Waals surface area (Å²) in [6, 6.07) is 0. The molecule has 0 bridgehead atoms. The number of hydrogen-bond donors (Lipinski definition) is 2. The summed E-state index contributed by atoms with van der Waals surface area (Å²) < 4.78 is 22.3. The summed E-state index contributed by atoms with van der Waals surface area (Å²) in [5.74, 6) is -0.0931. The van der Waals surface area contributed by atoms with Crippen molar-refractivity contribution in [3.8, 4) is 0 Å². The average molecular weight is 245 g/mol. The molecular weight excluding hydrogens is 230 g/mol. The van der Waals surface area contributed by atoms with Gasteiger partial charge < -0.3 is 5.32 Å². The van der Waals surface area contributed by atoms with E-state index in [1.54, 1.807) is 6.20 Å². The number of aromatic nitrogens is 2. The van der Waals surface area contributed by atoms with Gasteiger partial charge in [0.25, 0.3) is 0 Å². The lowest BCUT2D eigenvalue weighted by atomic mass is 10.2. The summed E-state index contributed by atoms with van der Waals surface area (Å²) in [7, 11) is -3.37. The number of rotatable bonds is 4. The van der Waals surface area contributed by atoms with Crippen LogP contribution in [0.25, 0.3) is 0 Å². The number of amides is 1. The van der Waals surface area contributed by atoms with Gasteiger partial charge in [-0.05, 0) is 13.3 Å². The van der Waals surface area contributed by atoms with E-state index in [9.17, 15) is 13.2 Å². The molecule has 1 atom stereocenters. The van der Waals surface area contributed by atoms with E-state index in [1.807, 2.05) is 6.92 Å². The zero-order chi connectivity index (χ0) is 12.3. The summed E-state index contributed by atoms with van der Waals surface area (Å²) in [5.41, 5.74) is 0.842. The minimum atomic E-state index is -3.37. The fraction of sp³-hybridized carbons (Fsp3) is 0.556. The molecular formula is C9H15N3O3S. The first-order valence-corrected chi connectivity index (χ1v) is 6.83. The van der Waals surface area contributed by atoms with E-state index in [-0.39, 0.29) is 0 Å². The quantitative estimate of drug-likeness (QED) is 0.800. The van der Waals surface area contributed by atoms with Crippen LogP contribution in [0, 0.1) is 0 Å². The number of aryl methyl sites for hydroxylation is 1. The number of carbonyl (C=O) groups excluding carboxylic acids is 1. The molecule has 1 aromatic rings. The number of carbonyl (C=O) groups is 1. The number of hydrogen-bond acceptors (Lipinski definition) is 4. The maximum atomic E-state index is 11.6. The third kappa shape index (κ3) is 2.82. The molecule has 6 nitrogen and oxygen atoms in total. The van der Waals surface area contributed by atoms with Gasteiger partial charge in [-0.3, -0.25) is 9.89 Å². The first-order valence-electron chi connectivity index (χ1n) is 4.88. The molecule has 0 aromatic carbocycles. The van der Waals surface area contributed by atoms with Crippen LogP contribution in [-0.4, -0.2) is 36.0 Å². The highest BCUT2D eigenvalue weighted by atomic mass is 32.2. The van der Waals surface area contributed by atoms with Crippen molar-refractivity contribution < 1.29 is 13.2 Å². The first-order chi connectivity index (χ1) is 7.36. The summed E-state index contributed by atoms with van der Waals surface area (Å²) in [4.78, 5) is 11.6. The molecule has 1 heterocycles. The van der Waals surface area contributed by atoms with Gasteiger partial charge in [0.1, 0.15) is 11.1 Å². The smallest absolute Gasteiger partial charge is 0.243 e. The van der Waals surface area contributed by atoms with Crippen LogP contribution in [0.1, 0.15) is 19.4 Å². The van der Waals surface area contributed by atoms with E-state index >= 15 is 0 Å². The van der Waals surface area contributed by atoms with Gasteiger partial charge in [-0.1, -0.05) is 6.92 Å². The molecule has 1 rings (SSSR count). The third-order valence-electron chi connectivity index (χ3n) is 2.36. The Morgan fingerprint density at radius 1 is 1.62 bits per heavy atom. The van der Waals surface area contributed by atoms with Crippen LogP contribution in [0.15, 0.2) is 6.20 Å². The van der Waals surface area contributed by atoms with Crippen LogP contribution >= 0.6 is 0 Å². The molecule has 0 aliphatic rings. The van der Waals surface area contributed by atoms with Crippen LogP contribution in [-0.2, 0) is 21.1 Å². The van der Waals surface area contributed by atoms with E-state index in [0.29, 0.717) is 12.2 Å². The van der Waals surface area contributed by atoms with E-state index in [1.165, 1.54) is 6.92 Å². The molecule has 0 aliphatic carbocycles. The molecule has 7 heteroatoms. The molecule has 0 fully saturated rings. The normalized spacial score (nSPS) is 13.4. The summed E-state index contributed by atoms with van der Waals surface area (Å²) >= 11 is 0. The molecule has 2 N–H and O–H groups in total. The van der Waals surface area contributed by atoms with Crippen molar-refractivity contribution in [2.45, 2.75) is 25.5 Å². The highest BCUT2D eigenvalue weighted by molar-refractivity contribution is 7.92. The molecule has 1 amide bonds. The Morgan fingerprint density at radius 3 is 2.75 bits per heavy atom. The first kappa shape index (κ1) is 12.7. The SMILES string of the molecule is CCc1cn[nH]c1NC(=O)C(C)S(C)(=O)=O. The van der Waals surface area contributed by atoms with Gasteiger partial charge in [0, 0.05) is 11.8 Å². The molecule has 1 aromatic heterocycles. The van der Waals surface area contributed by atoms with Crippen LogP contribution in [0.3, 0.4) is 0 Å². The van der Waals surface area contributed by atoms with E-state index in [0.717, 1.165) is 11.8 Å². The second-order valence-electron chi connectivity index (χ2n) is 3.58. The van der Waals surface area contributed by atoms with E-state index < -0.39 is 21.0 Å². The van der Waals surface area contributed by atoms with Crippen molar-refractivity contribution in [2.24, 2.45) is 0 Å². The molecule has 90 valence electrons. The van der Waals surface area contributed by atoms with Crippen molar-refractivity contribution in [1.29, 1.82) is 0 Å². The Morgan fingerprint density at radius 2 is 2.25 bits per heavy atom.